The van der Waals surface area contributed by atoms with Crippen molar-refractivity contribution in [2.75, 3.05) is 32.0 Å². The third kappa shape index (κ3) is 6.03. The molecule has 2 amide bonds. The van der Waals surface area contributed by atoms with Crippen LogP contribution in [0.2, 0.25) is 5.02 Å². The van der Waals surface area contributed by atoms with E-state index < -0.39 is 17.3 Å². The van der Waals surface area contributed by atoms with E-state index in [1.54, 1.807) is 36.4 Å². The first-order valence-electron chi connectivity index (χ1n) is 11.5. The zero-order valence-corrected chi connectivity index (χ0v) is 22.6. The standard InChI is InChI=1S/C27H24Cl2FN3O6/c1-36-21-12-18(13-22(37-2)25(21)38-3)31-24(34)10-15-5-4-6-17(9-15)32-26(35)27(14-23(29)39-33-27)19-11-16(30)7-8-20(19)28/h4-9,11-14,33H,10H2,1-3H3,(H,31,34)(H,32,35). The van der Waals surface area contributed by atoms with Crippen molar-refractivity contribution in [2.45, 2.75) is 12.0 Å². The molecule has 3 aromatic carbocycles. The maximum absolute atomic E-state index is 14.0. The maximum Gasteiger partial charge on any atom is 0.256 e. The van der Waals surface area contributed by atoms with Crippen LogP contribution in [0.4, 0.5) is 15.8 Å². The normalized spacial score (nSPS) is 16.1. The van der Waals surface area contributed by atoms with Crippen molar-refractivity contribution >= 4 is 46.4 Å². The fraction of sp³-hybridized carbons (Fsp3) is 0.185. The number of anilines is 2. The van der Waals surface area contributed by atoms with Gasteiger partial charge in [0, 0.05) is 40.2 Å². The number of carbonyl (C=O) groups excluding carboxylic acids is 2. The highest BCUT2D eigenvalue weighted by Crippen LogP contribution is 2.40. The summed E-state index contributed by atoms with van der Waals surface area (Å²) in [4.78, 5) is 31.4. The first kappa shape index (κ1) is 28.0. The molecule has 12 heteroatoms. The van der Waals surface area contributed by atoms with E-state index in [1.165, 1.54) is 39.5 Å². The molecule has 1 unspecified atom stereocenters. The van der Waals surface area contributed by atoms with Crippen LogP contribution < -0.4 is 30.3 Å². The summed E-state index contributed by atoms with van der Waals surface area (Å²) in [6, 6.07) is 13.5. The van der Waals surface area contributed by atoms with Gasteiger partial charge in [0.1, 0.15) is 5.82 Å². The van der Waals surface area contributed by atoms with E-state index in [9.17, 15) is 14.0 Å². The topological polar surface area (TPSA) is 107 Å². The van der Waals surface area contributed by atoms with Gasteiger partial charge < -0.3 is 29.7 Å². The molecule has 0 aliphatic carbocycles. The molecule has 0 bridgehead atoms. The molecule has 1 heterocycles. The molecular weight excluding hydrogens is 552 g/mol. The molecule has 0 spiro atoms. The zero-order valence-electron chi connectivity index (χ0n) is 21.1. The Balaban J connectivity index is 1.52. The van der Waals surface area contributed by atoms with Gasteiger partial charge in [0.15, 0.2) is 17.0 Å². The molecule has 1 atom stereocenters. The Labute approximate surface area is 233 Å². The molecule has 0 fully saturated rings. The molecular formula is C27H24Cl2FN3O6. The van der Waals surface area contributed by atoms with Crippen LogP contribution in [0.25, 0.3) is 0 Å². The lowest BCUT2D eigenvalue weighted by Crippen LogP contribution is -2.47. The molecule has 4 rings (SSSR count). The molecule has 0 aromatic heterocycles. The molecule has 204 valence electrons. The van der Waals surface area contributed by atoms with E-state index in [-0.39, 0.29) is 28.1 Å². The fourth-order valence-electron chi connectivity index (χ4n) is 4.06. The lowest BCUT2D eigenvalue weighted by molar-refractivity contribution is -0.123. The fourth-order valence-corrected chi connectivity index (χ4v) is 4.53. The lowest BCUT2D eigenvalue weighted by atomic mass is 9.89. The number of halogens is 3. The Hall–Kier alpha value is -3.99. The van der Waals surface area contributed by atoms with E-state index in [0.717, 1.165) is 6.07 Å². The third-order valence-corrected chi connectivity index (χ3v) is 6.36. The van der Waals surface area contributed by atoms with Crippen LogP contribution in [0.15, 0.2) is 65.9 Å². The van der Waals surface area contributed by atoms with Crippen LogP contribution in [0, 0.1) is 5.82 Å². The zero-order chi connectivity index (χ0) is 28.2. The molecule has 3 N–H and O–H groups in total. The molecule has 0 saturated carbocycles. The lowest BCUT2D eigenvalue weighted by Gasteiger charge is -2.26. The van der Waals surface area contributed by atoms with Gasteiger partial charge in [-0.1, -0.05) is 23.7 Å². The summed E-state index contributed by atoms with van der Waals surface area (Å²) in [5.74, 6) is -0.372. The molecule has 9 nitrogen and oxygen atoms in total. The van der Waals surface area contributed by atoms with Gasteiger partial charge in [-0.3, -0.25) is 9.59 Å². The second-order valence-electron chi connectivity index (χ2n) is 8.38. The number of hydrogen-bond acceptors (Lipinski definition) is 7. The Kier molecular flexibility index (Phi) is 8.49. The van der Waals surface area contributed by atoms with Crippen LogP contribution in [-0.2, 0) is 26.4 Å². The number of hydroxylamine groups is 1. The van der Waals surface area contributed by atoms with Gasteiger partial charge in [0.2, 0.25) is 16.9 Å². The Morgan fingerprint density at radius 2 is 1.67 bits per heavy atom. The second-order valence-corrected chi connectivity index (χ2v) is 9.16. The van der Waals surface area contributed by atoms with Crippen molar-refractivity contribution in [1.82, 2.24) is 5.48 Å². The Morgan fingerprint density at radius 1 is 0.949 bits per heavy atom. The van der Waals surface area contributed by atoms with E-state index in [1.807, 2.05) is 0 Å². The van der Waals surface area contributed by atoms with E-state index >= 15 is 0 Å². The number of methoxy groups -OCH3 is 3. The smallest absolute Gasteiger partial charge is 0.256 e. The van der Waals surface area contributed by atoms with Crippen molar-refractivity contribution < 1.29 is 33.0 Å². The van der Waals surface area contributed by atoms with Crippen molar-refractivity contribution in [3.8, 4) is 17.2 Å². The number of carbonyl (C=O) groups is 2. The molecule has 0 saturated heterocycles. The summed E-state index contributed by atoms with van der Waals surface area (Å²) in [6.45, 7) is 0. The average molecular weight is 576 g/mol. The summed E-state index contributed by atoms with van der Waals surface area (Å²) in [5.41, 5.74) is 2.39. The van der Waals surface area contributed by atoms with Crippen LogP contribution in [0.3, 0.4) is 0 Å². The minimum Gasteiger partial charge on any atom is -0.493 e. The molecule has 39 heavy (non-hydrogen) atoms. The first-order valence-corrected chi connectivity index (χ1v) is 12.2. The van der Waals surface area contributed by atoms with Gasteiger partial charge in [0.25, 0.3) is 5.91 Å². The van der Waals surface area contributed by atoms with Crippen molar-refractivity contribution in [3.05, 3.63) is 87.9 Å². The van der Waals surface area contributed by atoms with Gasteiger partial charge in [-0.25, -0.2) is 4.39 Å². The van der Waals surface area contributed by atoms with Crippen molar-refractivity contribution in [2.24, 2.45) is 0 Å². The minimum atomic E-state index is -1.70. The summed E-state index contributed by atoms with van der Waals surface area (Å²) in [7, 11) is 4.44. The van der Waals surface area contributed by atoms with E-state index in [2.05, 4.69) is 16.1 Å². The van der Waals surface area contributed by atoms with Crippen LogP contribution in [0.1, 0.15) is 11.1 Å². The predicted molar refractivity (Wildman–Crippen MR) is 145 cm³/mol. The van der Waals surface area contributed by atoms with Gasteiger partial charge in [-0.2, -0.15) is 0 Å². The number of rotatable bonds is 9. The monoisotopic (exact) mass is 575 g/mol. The predicted octanol–water partition coefficient (Wildman–Crippen LogP) is 5.14. The van der Waals surface area contributed by atoms with Crippen molar-refractivity contribution in [3.63, 3.8) is 0 Å². The highest BCUT2D eigenvalue weighted by molar-refractivity contribution is 6.32. The molecule has 1 aliphatic heterocycles. The summed E-state index contributed by atoms with van der Waals surface area (Å²) in [6.07, 6.45) is 1.29. The maximum atomic E-state index is 14.0. The Bertz CT molecular complexity index is 1430. The Morgan fingerprint density at radius 3 is 2.28 bits per heavy atom. The van der Waals surface area contributed by atoms with Crippen LogP contribution in [-0.4, -0.2) is 33.1 Å². The van der Waals surface area contributed by atoms with Crippen molar-refractivity contribution in [1.29, 1.82) is 0 Å². The number of hydrogen-bond donors (Lipinski definition) is 3. The number of nitrogens with one attached hydrogen (secondary N) is 3. The van der Waals surface area contributed by atoms with Gasteiger partial charge in [-0.15, -0.1) is 5.48 Å². The SMILES string of the molecule is COc1cc(NC(=O)Cc2cccc(NC(=O)C3(c4cc(F)ccc4Cl)C=C(Cl)ON3)c2)cc(OC)c1OC. The van der Waals surface area contributed by atoms with Crippen LogP contribution in [0.5, 0.6) is 17.2 Å². The third-order valence-electron chi connectivity index (χ3n) is 5.85. The second kappa shape index (κ2) is 11.8. The largest absolute Gasteiger partial charge is 0.493 e. The molecule has 1 aliphatic rings. The molecule has 0 radical (unpaired) electrons. The average Bonchev–Trinajstić information content (AvgIpc) is 3.32. The quantitative estimate of drug-likeness (QED) is 0.324. The number of ether oxygens (including phenoxy) is 3. The first-order chi connectivity index (χ1) is 18.7. The highest BCUT2D eigenvalue weighted by Gasteiger charge is 2.45. The van der Waals surface area contributed by atoms with E-state index in [4.69, 9.17) is 42.3 Å². The van der Waals surface area contributed by atoms with Crippen LogP contribution >= 0.6 is 23.2 Å². The van der Waals surface area contributed by atoms with Gasteiger partial charge in [0.05, 0.1) is 27.8 Å². The summed E-state index contributed by atoms with van der Waals surface area (Å²) >= 11 is 12.3. The highest BCUT2D eigenvalue weighted by atomic mass is 35.5. The number of benzene rings is 3. The summed E-state index contributed by atoms with van der Waals surface area (Å²) in [5, 5.41) is 5.57. The summed E-state index contributed by atoms with van der Waals surface area (Å²) < 4.78 is 30.0. The van der Waals surface area contributed by atoms with Gasteiger partial charge >= 0.3 is 0 Å². The molecule has 3 aromatic rings. The van der Waals surface area contributed by atoms with Gasteiger partial charge in [-0.05, 0) is 47.5 Å². The minimum absolute atomic E-state index is 0.00562. The van der Waals surface area contributed by atoms with E-state index in [0.29, 0.717) is 34.2 Å². The number of amides is 2.